The third-order valence-corrected chi connectivity index (χ3v) is 2.80. The van der Waals surface area contributed by atoms with Crippen molar-refractivity contribution in [3.8, 4) is 0 Å². The Morgan fingerprint density at radius 2 is 2.19 bits per heavy atom. The SMILES string of the molecule is CC(C)(C)OC(=O)N1CCCC(F)C1CCl. The van der Waals surface area contributed by atoms with Crippen LogP contribution in [0.2, 0.25) is 0 Å². The number of rotatable bonds is 1. The number of halogens is 2. The number of ether oxygens (including phenoxy) is 1. The number of nitrogens with zero attached hydrogens (tertiary/aromatic N) is 1. The minimum absolute atomic E-state index is 0.112. The van der Waals surface area contributed by atoms with E-state index in [9.17, 15) is 9.18 Å². The molecule has 0 N–H and O–H groups in total. The van der Waals surface area contributed by atoms with Crippen molar-refractivity contribution >= 4 is 17.7 Å². The van der Waals surface area contributed by atoms with Crippen LogP contribution in [0.5, 0.6) is 0 Å². The first-order valence-electron chi connectivity index (χ1n) is 5.55. The van der Waals surface area contributed by atoms with Gasteiger partial charge in [-0.25, -0.2) is 9.18 Å². The summed E-state index contributed by atoms with van der Waals surface area (Å²) in [5.41, 5.74) is -0.558. The van der Waals surface area contributed by atoms with E-state index in [0.717, 1.165) is 0 Å². The van der Waals surface area contributed by atoms with Gasteiger partial charge in [-0.1, -0.05) is 0 Å². The molecule has 0 aromatic carbocycles. The van der Waals surface area contributed by atoms with Crippen LogP contribution in [0.1, 0.15) is 33.6 Å². The number of alkyl halides is 2. The van der Waals surface area contributed by atoms with E-state index in [4.69, 9.17) is 16.3 Å². The van der Waals surface area contributed by atoms with E-state index < -0.39 is 23.9 Å². The van der Waals surface area contributed by atoms with E-state index in [1.165, 1.54) is 4.90 Å². The minimum atomic E-state index is -1.04. The highest BCUT2D eigenvalue weighted by Gasteiger charge is 2.36. The van der Waals surface area contributed by atoms with Gasteiger partial charge < -0.3 is 9.64 Å². The van der Waals surface area contributed by atoms with Gasteiger partial charge in [0.15, 0.2) is 0 Å². The zero-order valence-corrected chi connectivity index (χ0v) is 10.8. The summed E-state index contributed by atoms with van der Waals surface area (Å²) in [6.07, 6.45) is -0.385. The molecule has 0 saturated carbocycles. The zero-order valence-electron chi connectivity index (χ0n) is 10.0. The molecule has 1 amide bonds. The second-order valence-corrected chi connectivity index (χ2v) is 5.36. The number of carbonyl (C=O) groups excluding carboxylic acids is 1. The fraction of sp³-hybridized carbons (Fsp3) is 0.909. The summed E-state index contributed by atoms with van der Waals surface area (Å²) >= 11 is 5.70. The van der Waals surface area contributed by atoms with E-state index in [1.807, 2.05) is 0 Å². The molecular formula is C11H19ClFNO2. The summed E-state index contributed by atoms with van der Waals surface area (Å²) in [4.78, 5) is 13.2. The van der Waals surface area contributed by atoms with Gasteiger partial charge in [-0.3, -0.25) is 0 Å². The molecule has 1 aliphatic rings. The van der Waals surface area contributed by atoms with Crippen LogP contribution in [-0.2, 0) is 4.74 Å². The summed E-state index contributed by atoms with van der Waals surface area (Å²) < 4.78 is 18.8. The second kappa shape index (κ2) is 5.21. The first kappa shape index (κ1) is 13.6. The van der Waals surface area contributed by atoms with Gasteiger partial charge in [0.1, 0.15) is 11.8 Å². The van der Waals surface area contributed by atoms with Crippen LogP contribution < -0.4 is 0 Å². The van der Waals surface area contributed by atoms with E-state index in [1.54, 1.807) is 20.8 Å². The summed E-state index contributed by atoms with van der Waals surface area (Å²) in [5.74, 6) is 0.112. The molecule has 0 aliphatic carbocycles. The van der Waals surface area contributed by atoms with Crippen LogP contribution in [-0.4, -0.2) is 41.2 Å². The lowest BCUT2D eigenvalue weighted by Gasteiger charge is -2.37. The molecule has 1 rings (SSSR count). The fourth-order valence-electron chi connectivity index (χ4n) is 1.74. The normalized spacial score (nSPS) is 26.7. The average Bonchev–Trinajstić information content (AvgIpc) is 2.14. The molecule has 5 heteroatoms. The Labute approximate surface area is 101 Å². The number of piperidine rings is 1. The molecule has 1 saturated heterocycles. The van der Waals surface area contributed by atoms with Crippen LogP contribution in [0.15, 0.2) is 0 Å². The predicted octanol–water partition coefficient (Wildman–Crippen LogP) is 2.96. The topological polar surface area (TPSA) is 29.5 Å². The van der Waals surface area contributed by atoms with Gasteiger partial charge in [0.25, 0.3) is 0 Å². The molecule has 2 unspecified atom stereocenters. The van der Waals surface area contributed by atoms with Gasteiger partial charge in [0, 0.05) is 12.4 Å². The third kappa shape index (κ3) is 3.51. The van der Waals surface area contributed by atoms with E-state index >= 15 is 0 Å². The lowest BCUT2D eigenvalue weighted by atomic mass is 10.0. The standard InChI is InChI=1S/C11H19ClFNO2/c1-11(2,3)16-10(15)14-6-4-5-8(13)9(14)7-12/h8-9H,4-7H2,1-3H3. The maximum Gasteiger partial charge on any atom is 0.410 e. The Balaban J connectivity index is 2.66. The number of hydrogen-bond donors (Lipinski definition) is 0. The largest absolute Gasteiger partial charge is 0.444 e. The maximum atomic E-state index is 13.6. The quantitative estimate of drug-likeness (QED) is 0.671. The van der Waals surface area contributed by atoms with Crippen LogP contribution in [0.3, 0.4) is 0 Å². The van der Waals surface area contributed by atoms with E-state index in [0.29, 0.717) is 19.4 Å². The van der Waals surface area contributed by atoms with Crippen molar-refractivity contribution in [1.29, 1.82) is 0 Å². The third-order valence-electron chi connectivity index (χ3n) is 2.48. The molecule has 2 atom stereocenters. The highest BCUT2D eigenvalue weighted by atomic mass is 35.5. The van der Waals surface area contributed by atoms with Crippen molar-refractivity contribution in [2.75, 3.05) is 12.4 Å². The van der Waals surface area contributed by atoms with Gasteiger partial charge in [-0.15, -0.1) is 11.6 Å². The number of amides is 1. The van der Waals surface area contributed by atoms with Crippen molar-refractivity contribution in [3.63, 3.8) is 0 Å². The first-order valence-corrected chi connectivity index (χ1v) is 6.08. The van der Waals surface area contributed by atoms with Gasteiger partial charge >= 0.3 is 6.09 Å². The molecule has 1 fully saturated rings. The predicted molar refractivity (Wildman–Crippen MR) is 61.6 cm³/mol. The molecule has 1 aliphatic heterocycles. The number of carbonyl (C=O) groups is 1. The van der Waals surface area contributed by atoms with Crippen LogP contribution >= 0.6 is 11.6 Å². The smallest absolute Gasteiger partial charge is 0.410 e. The first-order chi connectivity index (χ1) is 7.35. The molecule has 0 aromatic heterocycles. The number of hydrogen-bond acceptors (Lipinski definition) is 2. The summed E-state index contributed by atoms with van der Waals surface area (Å²) in [7, 11) is 0. The monoisotopic (exact) mass is 251 g/mol. The highest BCUT2D eigenvalue weighted by molar-refractivity contribution is 6.18. The minimum Gasteiger partial charge on any atom is -0.444 e. The van der Waals surface area contributed by atoms with Gasteiger partial charge in [-0.05, 0) is 33.6 Å². The van der Waals surface area contributed by atoms with E-state index in [-0.39, 0.29) is 5.88 Å². The summed E-state index contributed by atoms with van der Waals surface area (Å²) in [6, 6.07) is -0.551. The van der Waals surface area contributed by atoms with Crippen molar-refractivity contribution in [3.05, 3.63) is 0 Å². The Hall–Kier alpha value is -0.510. The molecule has 16 heavy (non-hydrogen) atoms. The lowest BCUT2D eigenvalue weighted by molar-refractivity contribution is -0.000939. The zero-order chi connectivity index (χ0) is 12.3. The molecule has 3 nitrogen and oxygen atoms in total. The summed E-state index contributed by atoms with van der Waals surface area (Å²) in [6.45, 7) is 5.89. The van der Waals surface area contributed by atoms with Crippen molar-refractivity contribution < 1.29 is 13.9 Å². The Kier molecular flexibility index (Phi) is 4.42. The maximum absolute atomic E-state index is 13.6. The van der Waals surface area contributed by atoms with Gasteiger partial charge in [0.05, 0.1) is 6.04 Å². The Bertz CT molecular complexity index is 255. The van der Waals surface area contributed by atoms with Crippen molar-refractivity contribution in [2.45, 2.75) is 51.4 Å². The highest BCUT2D eigenvalue weighted by Crippen LogP contribution is 2.23. The van der Waals surface area contributed by atoms with Crippen molar-refractivity contribution in [1.82, 2.24) is 4.90 Å². The fourth-order valence-corrected chi connectivity index (χ4v) is 2.10. The lowest BCUT2D eigenvalue weighted by Crippen LogP contribution is -2.52. The molecule has 0 bridgehead atoms. The van der Waals surface area contributed by atoms with Crippen LogP contribution in [0.25, 0.3) is 0 Å². The van der Waals surface area contributed by atoms with Crippen LogP contribution in [0.4, 0.5) is 9.18 Å². The molecule has 0 aromatic rings. The van der Waals surface area contributed by atoms with Gasteiger partial charge in [0.2, 0.25) is 0 Å². The second-order valence-electron chi connectivity index (χ2n) is 5.05. The molecule has 0 spiro atoms. The van der Waals surface area contributed by atoms with Crippen molar-refractivity contribution in [2.24, 2.45) is 0 Å². The summed E-state index contributed by atoms with van der Waals surface area (Å²) in [5, 5.41) is 0. The number of likely N-dealkylation sites (tertiary alicyclic amines) is 1. The average molecular weight is 252 g/mol. The Morgan fingerprint density at radius 3 is 2.69 bits per heavy atom. The molecule has 94 valence electrons. The molecular weight excluding hydrogens is 233 g/mol. The van der Waals surface area contributed by atoms with E-state index in [2.05, 4.69) is 0 Å². The van der Waals surface area contributed by atoms with Gasteiger partial charge in [-0.2, -0.15) is 0 Å². The molecule has 1 heterocycles. The molecule has 0 radical (unpaired) electrons. The Morgan fingerprint density at radius 1 is 1.56 bits per heavy atom. The van der Waals surface area contributed by atoms with Crippen LogP contribution in [0, 0.1) is 0 Å².